The first kappa shape index (κ1) is 23.1. The number of sulfone groups is 1. The maximum absolute atomic E-state index is 13.0. The number of carbonyl (C=O) groups is 1. The summed E-state index contributed by atoms with van der Waals surface area (Å²) in [4.78, 5) is 27.9. The van der Waals surface area contributed by atoms with Gasteiger partial charge in [0.1, 0.15) is 22.3 Å². The fourth-order valence-electron chi connectivity index (χ4n) is 2.94. The summed E-state index contributed by atoms with van der Waals surface area (Å²) in [6.45, 7) is 1.32. The molecule has 2 heterocycles. The predicted molar refractivity (Wildman–Crippen MR) is 126 cm³/mol. The van der Waals surface area contributed by atoms with E-state index in [0.717, 1.165) is 0 Å². The summed E-state index contributed by atoms with van der Waals surface area (Å²) < 4.78 is 24.9. The van der Waals surface area contributed by atoms with Crippen LogP contribution >= 0.6 is 11.3 Å². The molecule has 1 aliphatic carbocycles. The molecule has 1 amide bonds. The van der Waals surface area contributed by atoms with Crippen LogP contribution in [0.1, 0.15) is 25.3 Å². The molecule has 0 radical (unpaired) electrons. The third kappa shape index (κ3) is 5.13. The molecule has 0 unspecified atom stereocenters. The minimum Gasteiger partial charge on any atom is -0.392 e. The van der Waals surface area contributed by atoms with E-state index in [4.69, 9.17) is 4.84 Å². The molecular formula is C21H23N5O5S2. The Morgan fingerprint density at radius 3 is 2.61 bits per heavy atom. The van der Waals surface area contributed by atoms with Crippen molar-refractivity contribution in [2.75, 3.05) is 24.3 Å². The van der Waals surface area contributed by atoms with Gasteiger partial charge in [0.2, 0.25) is 0 Å². The Hall–Kier alpha value is -3.09. The highest BCUT2D eigenvalue weighted by atomic mass is 32.2. The lowest BCUT2D eigenvalue weighted by atomic mass is 10.1. The van der Waals surface area contributed by atoms with Crippen LogP contribution in [0.2, 0.25) is 0 Å². The van der Waals surface area contributed by atoms with Gasteiger partial charge in [-0.15, -0.1) is 0 Å². The number of thiazole rings is 1. The number of anilines is 2. The number of hydrogen-bond acceptors (Lipinski definition) is 10. The average Bonchev–Trinajstić information content (AvgIpc) is 3.60. The van der Waals surface area contributed by atoms with Gasteiger partial charge in [0.15, 0.2) is 20.7 Å². The van der Waals surface area contributed by atoms with Gasteiger partial charge in [0.25, 0.3) is 5.91 Å². The summed E-state index contributed by atoms with van der Waals surface area (Å²) in [7, 11) is -1.59. The Balaban J connectivity index is 1.60. The smallest absolute Gasteiger partial charge is 0.280 e. The number of aliphatic hydroxyl groups is 1. The minimum atomic E-state index is -3.35. The molecule has 2 aromatic heterocycles. The van der Waals surface area contributed by atoms with Crippen LogP contribution in [0.4, 0.5) is 10.9 Å². The van der Waals surface area contributed by atoms with Gasteiger partial charge >= 0.3 is 0 Å². The minimum absolute atomic E-state index is 0.0752. The lowest BCUT2D eigenvalue weighted by Gasteiger charge is -2.10. The van der Waals surface area contributed by atoms with Gasteiger partial charge in [-0.1, -0.05) is 28.6 Å². The zero-order chi connectivity index (χ0) is 23.6. The number of nitrogens with one attached hydrogen (secondary N) is 2. The van der Waals surface area contributed by atoms with Crippen molar-refractivity contribution in [2.45, 2.75) is 36.0 Å². The number of aliphatic hydroxyl groups excluding tert-OH is 1. The van der Waals surface area contributed by atoms with Crippen LogP contribution < -0.4 is 10.6 Å². The number of nitrogens with zero attached hydrogens (tertiary/aromatic N) is 3. The number of carbonyl (C=O) groups excluding carboxylic acids is 1. The number of benzene rings is 1. The van der Waals surface area contributed by atoms with Crippen molar-refractivity contribution in [3.63, 3.8) is 0 Å². The second kappa shape index (κ2) is 9.41. The van der Waals surface area contributed by atoms with Crippen LogP contribution in [0.5, 0.6) is 0 Å². The topological polar surface area (TPSA) is 143 Å². The van der Waals surface area contributed by atoms with E-state index in [-0.39, 0.29) is 22.5 Å². The molecule has 1 atom stereocenters. The van der Waals surface area contributed by atoms with Crippen LogP contribution in [-0.2, 0) is 19.5 Å². The van der Waals surface area contributed by atoms with E-state index in [2.05, 4.69) is 25.8 Å². The normalized spacial score (nSPS) is 15.3. The highest BCUT2D eigenvalue weighted by Crippen LogP contribution is 2.33. The van der Waals surface area contributed by atoms with Crippen LogP contribution in [0.25, 0.3) is 10.3 Å². The molecule has 10 nitrogen and oxygen atoms in total. The van der Waals surface area contributed by atoms with E-state index in [1.54, 1.807) is 26.1 Å². The summed E-state index contributed by atoms with van der Waals surface area (Å²) in [5.41, 5.74) is 0.922. The molecule has 174 valence electrons. The van der Waals surface area contributed by atoms with Crippen LogP contribution in [0.15, 0.2) is 46.4 Å². The molecule has 1 saturated carbocycles. The number of hydrogen-bond donors (Lipinski definition) is 3. The van der Waals surface area contributed by atoms with Gasteiger partial charge in [-0.05, 0) is 44.0 Å². The molecule has 12 heteroatoms. The van der Waals surface area contributed by atoms with Gasteiger partial charge in [0, 0.05) is 12.6 Å². The van der Waals surface area contributed by atoms with Gasteiger partial charge in [0.05, 0.1) is 16.8 Å². The Kier molecular flexibility index (Phi) is 6.58. The van der Waals surface area contributed by atoms with E-state index < -0.39 is 21.8 Å². The zero-order valence-electron chi connectivity index (χ0n) is 18.0. The van der Waals surface area contributed by atoms with E-state index >= 15 is 0 Å². The molecule has 3 aromatic rings. The standard InChI is InChI=1S/C21H23N5O5S2/c1-12(11-27)31-26-18(13-3-5-14(6-4-13)33(29,30)15-7-8-15)19(28)25-21-23-16-9-10-17(22-2)24-20(16)32-21/h3-6,9-10,12,15,27H,7-8,11H2,1-2H3,(H,22,24)(H,23,25,28)/b26-18+/t12-/m1/s1. The molecule has 1 aromatic carbocycles. The molecule has 33 heavy (non-hydrogen) atoms. The number of pyridine rings is 1. The summed E-state index contributed by atoms with van der Waals surface area (Å²) in [5.74, 6) is 0.0877. The van der Waals surface area contributed by atoms with Crippen molar-refractivity contribution in [3.8, 4) is 0 Å². The lowest BCUT2D eigenvalue weighted by Crippen LogP contribution is -2.25. The van der Waals surface area contributed by atoms with E-state index in [1.807, 2.05) is 0 Å². The second-order valence-corrected chi connectivity index (χ2v) is 10.8. The Morgan fingerprint density at radius 2 is 1.97 bits per heavy atom. The molecule has 1 fully saturated rings. The van der Waals surface area contributed by atoms with Gasteiger partial charge < -0.3 is 15.3 Å². The number of aromatic nitrogens is 2. The summed E-state index contributed by atoms with van der Waals surface area (Å²) >= 11 is 1.20. The average molecular weight is 490 g/mol. The highest BCUT2D eigenvalue weighted by molar-refractivity contribution is 7.92. The van der Waals surface area contributed by atoms with E-state index in [0.29, 0.717) is 39.7 Å². The van der Waals surface area contributed by atoms with Crippen LogP contribution in [-0.4, -0.2) is 60.1 Å². The molecule has 3 N–H and O–H groups in total. The first-order valence-electron chi connectivity index (χ1n) is 10.3. The molecule has 1 aliphatic rings. The lowest BCUT2D eigenvalue weighted by molar-refractivity contribution is -0.110. The largest absolute Gasteiger partial charge is 0.392 e. The molecule has 0 saturated heterocycles. The Morgan fingerprint density at radius 1 is 1.24 bits per heavy atom. The number of oxime groups is 1. The van der Waals surface area contributed by atoms with Crippen molar-refractivity contribution in [1.82, 2.24) is 9.97 Å². The number of rotatable bonds is 9. The van der Waals surface area contributed by atoms with Crippen LogP contribution in [0.3, 0.4) is 0 Å². The van der Waals surface area contributed by atoms with Crippen molar-refractivity contribution in [3.05, 3.63) is 42.0 Å². The van der Waals surface area contributed by atoms with Crippen molar-refractivity contribution < 1.29 is 23.2 Å². The first-order chi connectivity index (χ1) is 15.8. The Labute approximate surface area is 194 Å². The molecule has 0 spiro atoms. The second-order valence-electron chi connectivity index (χ2n) is 7.55. The van der Waals surface area contributed by atoms with Gasteiger partial charge in [-0.2, -0.15) is 0 Å². The van der Waals surface area contributed by atoms with Gasteiger partial charge in [-0.25, -0.2) is 18.4 Å². The van der Waals surface area contributed by atoms with Crippen LogP contribution in [0, 0.1) is 0 Å². The molecule has 4 rings (SSSR count). The molecular weight excluding hydrogens is 466 g/mol. The first-order valence-corrected chi connectivity index (χ1v) is 12.6. The van der Waals surface area contributed by atoms with Crippen molar-refractivity contribution in [1.29, 1.82) is 0 Å². The molecule has 0 aliphatic heterocycles. The maximum atomic E-state index is 13.0. The fraction of sp³-hybridized carbons (Fsp3) is 0.333. The third-order valence-electron chi connectivity index (χ3n) is 4.95. The van der Waals surface area contributed by atoms with Crippen molar-refractivity contribution >= 4 is 54.1 Å². The summed E-state index contributed by atoms with van der Waals surface area (Å²) in [6, 6.07) is 9.52. The zero-order valence-corrected chi connectivity index (χ0v) is 19.6. The highest BCUT2D eigenvalue weighted by Gasteiger charge is 2.36. The quantitative estimate of drug-likeness (QED) is 0.307. The van der Waals surface area contributed by atoms with E-state index in [1.165, 1.54) is 35.6 Å². The number of fused-ring (bicyclic) bond motifs is 1. The Bertz CT molecular complexity index is 1300. The monoisotopic (exact) mass is 489 g/mol. The fourth-order valence-corrected chi connectivity index (χ4v) is 5.43. The third-order valence-corrected chi connectivity index (χ3v) is 8.11. The predicted octanol–water partition coefficient (Wildman–Crippen LogP) is 2.41. The summed E-state index contributed by atoms with van der Waals surface area (Å²) in [5, 5.41) is 18.8. The number of amides is 1. The molecule has 0 bridgehead atoms. The SMILES string of the molecule is CNc1ccc2nc(NC(=O)/C(=N/O[C@H](C)CO)c3ccc(S(=O)(=O)C4CC4)cc3)sc2n1. The summed E-state index contributed by atoms with van der Waals surface area (Å²) in [6.07, 6.45) is 0.701. The maximum Gasteiger partial charge on any atom is 0.280 e. The van der Waals surface area contributed by atoms with E-state index in [9.17, 15) is 18.3 Å². The van der Waals surface area contributed by atoms with Gasteiger partial charge in [-0.3, -0.25) is 10.1 Å². The van der Waals surface area contributed by atoms with Crippen molar-refractivity contribution in [2.24, 2.45) is 5.16 Å².